The molecule has 0 saturated heterocycles. The lowest BCUT2D eigenvalue weighted by molar-refractivity contribution is 0.372. The predicted molar refractivity (Wildman–Crippen MR) is 267 cm³/mol. The molecule has 0 spiro atoms. The summed E-state index contributed by atoms with van der Waals surface area (Å²) in [6.45, 7) is 3.80. The lowest BCUT2D eigenvalue weighted by atomic mass is 9.79. The van der Waals surface area contributed by atoms with Gasteiger partial charge in [0.1, 0.15) is 11.5 Å². The van der Waals surface area contributed by atoms with Gasteiger partial charge in [0.05, 0.1) is 28.5 Å². The van der Waals surface area contributed by atoms with Crippen LogP contribution in [0.25, 0.3) is 44.9 Å². The first-order valence-corrected chi connectivity index (χ1v) is 22.3. The monoisotopic (exact) mass is 838 g/mol. The highest BCUT2D eigenvalue weighted by Gasteiger charge is 2.33. The van der Waals surface area contributed by atoms with Crippen LogP contribution in [0.2, 0.25) is 0 Å². The Bertz CT molecular complexity index is 2980. The Balaban J connectivity index is 1.15. The van der Waals surface area contributed by atoms with Crippen LogP contribution in [0.5, 0.6) is 0 Å². The van der Waals surface area contributed by atoms with Crippen molar-refractivity contribution in [2.24, 2.45) is 4.99 Å². The number of benzene rings is 5. The summed E-state index contributed by atoms with van der Waals surface area (Å²) >= 11 is 0. The third-order valence-electron chi connectivity index (χ3n) is 12.9. The van der Waals surface area contributed by atoms with Crippen LogP contribution in [0.4, 0.5) is 28.4 Å². The normalized spacial score (nSPS) is 17.5. The second-order valence-corrected chi connectivity index (χ2v) is 17.2. The average Bonchev–Trinajstić information content (AvgIpc) is 3.32. The minimum atomic E-state index is 0.714. The molecule has 316 valence electrons. The lowest BCUT2D eigenvalue weighted by Gasteiger charge is -2.30. The van der Waals surface area contributed by atoms with E-state index in [1.807, 2.05) is 72.8 Å². The van der Waals surface area contributed by atoms with Gasteiger partial charge in [-0.05, 0) is 206 Å². The first-order chi connectivity index (χ1) is 31.3. The van der Waals surface area contributed by atoms with Crippen molar-refractivity contribution in [3.63, 3.8) is 0 Å². The van der Waals surface area contributed by atoms with Crippen LogP contribution >= 0.6 is 0 Å². The Morgan fingerprint density at radius 1 is 0.531 bits per heavy atom. The highest BCUT2D eigenvalue weighted by atomic mass is 16.5. The molecule has 0 amide bonds. The molecule has 3 aliphatic carbocycles. The van der Waals surface area contributed by atoms with Gasteiger partial charge in [-0.3, -0.25) is 4.99 Å². The first-order valence-electron chi connectivity index (χ1n) is 22.3. The Labute approximate surface area is 375 Å². The zero-order valence-corrected chi connectivity index (χ0v) is 36.0. The van der Waals surface area contributed by atoms with Crippen molar-refractivity contribution in [1.82, 2.24) is 0 Å². The number of hydrogen-bond donors (Lipinski definition) is 4. The number of nitrogens with zero attached hydrogens (tertiary/aromatic N) is 1. The molecule has 7 heteroatoms. The molecular formula is C57H52N5O2+. The number of nitrogens with two attached hydrogens (primary N) is 4. The molecule has 0 fully saturated rings. The molecule has 0 bridgehead atoms. The molecule has 0 unspecified atom stereocenters. The van der Waals surface area contributed by atoms with Crippen LogP contribution in [0.1, 0.15) is 79.4 Å². The summed E-state index contributed by atoms with van der Waals surface area (Å²) in [5.74, 6) is 3.50. The van der Waals surface area contributed by atoms with Gasteiger partial charge in [0, 0.05) is 39.4 Å². The average molecular weight is 839 g/mol. The molecular weight excluding hydrogens is 787 g/mol. The van der Waals surface area contributed by atoms with Crippen LogP contribution < -0.4 is 22.9 Å². The van der Waals surface area contributed by atoms with Gasteiger partial charge in [-0.1, -0.05) is 42.5 Å². The molecule has 1 aromatic heterocycles. The molecule has 8 N–H and O–H groups in total. The van der Waals surface area contributed by atoms with Gasteiger partial charge in [-0.2, -0.15) is 0 Å². The molecule has 1 aliphatic heterocycles. The third kappa shape index (κ3) is 8.09. The van der Waals surface area contributed by atoms with E-state index in [0.717, 1.165) is 137 Å². The van der Waals surface area contributed by atoms with Gasteiger partial charge >= 0.3 is 11.5 Å². The van der Waals surface area contributed by atoms with E-state index in [2.05, 4.69) is 84.5 Å². The van der Waals surface area contributed by atoms with E-state index in [0.29, 0.717) is 11.4 Å². The third-order valence-corrected chi connectivity index (χ3v) is 12.9. The zero-order valence-electron chi connectivity index (χ0n) is 36.0. The summed E-state index contributed by atoms with van der Waals surface area (Å²) in [4.78, 5) is 4.23. The summed E-state index contributed by atoms with van der Waals surface area (Å²) in [5.41, 5.74) is 44.8. The van der Waals surface area contributed by atoms with E-state index < -0.39 is 0 Å². The Morgan fingerprint density at radius 2 is 1.06 bits per heavy atom. The SMILES string of the molecule is C=Nc1ccc(C2=C(/C=C3\CCCc4c(-c5ccc(N)cc5)cc(-c5ccc(N)cc5)[o+]c43)CCC/C2=C\C2=C3OC(c4ccc(N)cc4)=CC(c4ccc(N)cc4)=C3CCC2)cc1. The highest BCUT2D eigenvalue weighted by molar-refractivity contribution is 5.91. The summed E-state index contributed by atoms with van der Waals surface area (Å²) in [6.07, 6.45) is 15.6. The topological polar surface area (TPSA) is 137 Å². The summed E-state index contributed by atoms with van der Waals surface area (Å²) in [5, 5.41) is 0. The zero-order chi connectivity index (χ0) is 43.7. The molecule has 0 atom stereocenters. The highest BCUT2D eigenvalue weighted by Crippen LogP contribution is 2.48. The fraction of sp³-hybridized carbons (Fsp3) is 0.158. The number of aliphatic imine (C=N–C) groups is 1. The van der Waals surface area contributed by atoms with Crippen molar-refractivity contribution in [3.8, 4) is 22.5 Å². The van der Waals surface area contributed by atoms with Crippen molar-refractivity contribution in [2.45, 2.75) is 57.8 Å². The van der Waals surface area contributed by atoms with Gasteiger partial charge in [-0.15, -0.1) is 0 Å². The van der Waals surface area contributed by atoms with Crippen molar-refractivity contribution >= 4 is 57.6 Å². The van der Waals surface area contributed by atoms with Gasteiger partial charge in [0.15, 0.2) is 0 Å². The number of hydrogen-bond acceptors (Lipinski definition) is 6. The number of allylic oxidation sites excluding steroid dienone is 10. The van der Waals surface area contributed by atoms with Gasteiger partial charge < -0.3 is 27.7 Å². The van der Waals surface area contributed by atoms with Gasteiger partial charge in [0.25, 0.3) is 0 Å². The maximum absolute atomic E-state index is 7.01. The number of fused-ring (bicyclic) bond motifs is 2. The predicted octanol–water partition coefficient (Wildman–Crippen LogP) is 13.8. The van der Waals surface area contributed by atoms with E-state index in [-0.39, 0.29) is 0 Å². The van der Waals surface area contributed by atoms with Crippen molar-refractivity contribution in [3.05, 3.63) is 202 Å². The van der Waals surface area contributed by atoms with E-state index in [1.54, 1.807) is 0 Å². The van der Waals surface area contributed by atoms with E-state index >= 15 is 0 Å². The maximum atomic E-state index is 7.01. The minimum Gasteiger partial charge on any atom is -0.456 e. The maximum Gasteiger partial charge on any atom is 0.361 e. The molecule has 5 aromatic carbocycles. The molecule has 6 aromatic rings. The van der Waals surface area contributed by atoms with Crippen LogP contribution in [-0.4, -0.2) is 6.72 Å². The molecule has 0 radical (unpaired) electrons. The van der Waals surface area contributed by atoms with Crippen LogP contribution in [0.3, 0.4) is 0 Å². The molecule has 10 rings (SSSR count). The quantitative estimate of drug-likeness (QED) is 0.0684. The Hall–Kier alpha value is -7.64. The van der Waals surface area contributed by atoms with Crippen LogP contribution in [-0.2, 0) is 11.2 Å². The van der Waals surface area contributed by atoms with Gasteiger partial charge in [0.2, 0.25) is 0 Å². The first kappa shape index (κ1) is 40.4. The molecule has 0 saturated carbocycles. The van der Waals surface area contributed by atoms with E-state index in [9.17, 15) is 0 Å². The summed E-state index contributed by atoms with van der Waals surface area (Å²) < 4.78 is 14.0. The smallest absolute Gasteiger partial charge is 0.361 e. The molecule has 7 nitrogen and oxygen atoms in total. The van der Waals surface area contributed by atoms with Crippen LogP contribution in [0, 0.1) is 0 Å². The minimum absolute atomic E-state index is 0.714. The summed E-state index contributed by atoms with van der Waals surface area (Å²) in [6, 6.07) is 42.9. The number of ether oxygens (including phenoxy) is 1. The number of rotatable bonds is 8. The second-order valence-electron chi connectivity index (χ2n) is 17.2. The molecule has 2 heterocycles. The number of nitrogen functional groups attached to an aromatic ring is 4. The second kappa shape index (κ2) is 17.3. The largest absolute Gasteiger partial charge is 0.456 e. The fourth-order valence-electron chi connectivity index (χ4n) is 9.67. The Kier molecular flexibility index (Phi) is 10.9. The fourth-order valence-corrected chi connectivity index (χ4v) is 9.67. The standard InChI is InChI=1S/C57H52N5O2/c1-62-48-29-19-39(20-30-48)55-40(31-42-7-3-9-49-51(35-11-21-44(58)22-12-35)33-53(63-56(42)49)37-15-25-46(60)26-16-37)5-2-6-41(55)32-43-8-4-10-50-52(36-13-23-45(59)24-14-36)34-54(64-57(43)50)38-17-27-47(61)28-18-38/h11-34H,1-10,58-61H2/q+1. The van der Waals surface area contributed by atoms with E-state index in [1.165, 1.54) is 39.0 Å². The Morgan fingerprint density at radius 3 is 1.72 bits per heavy atom. The van der Waals surface area contributed by atoms with E-state index in [4.69, 9.17) is 32.1 Å². The summed E-state index contributed by atoms with van der Waals surface area (Å²) in [7, 11) is 0. The van der Waals surface area contributed by atoms with Crippen molar-refractivity contribution in [1.29, 1.82) is 0 Å². The van der Waals surface area contributed by atoms with Gasteiger partial charge in [-0.25, -0.2) is 4.42 Å². The molecule has 4 aliphatic rings. The lowest BCUT2D eigenvalue weighted by Crippen LogP contribution is -2.12. The van der Waals surface area contributed by atoms with Crippen molar-refractivity contribution in [2.75, 3.05) is 22.9 Å². The van der Waals surface area contributed by atoms with Crippen molar-refractivity contribution < 1.29 is 9.15 Å². The number of anilines is 4. The van der Waals surface area contributed by atoms with Crippen LogP contribution in [0.15, 0.2) is 183 Å². The molecule has 64 heavy (non-hydrogen) atoms.